The summed E-state index contributed by atoms with van der Waals surface area (Å²) >= 11 is 0. The minimum atomic E-state index is -0.0360. The number of nitrogens with zero attached hydrogens (tertiary/aromatic N) is 1. The van der Waals surface area contributed by atoms with E-state index in [1.165, 1.54) is 0 Å². The molecule has 1 atom stereocenters. The lowest BCUT2D eigenvalue weighted by molar-refractivity contribution is 0.0969. The van der Waals surface area contributed by atoms with Crippen LogP contribution in [0.1, 0.15) is 45.4 Å². The van der Waals surface area contributed by atoms with Gasteiger partial charge in [0, 0.05) is 12.5 Å². The SMILES string of the molecule is COC(C)c1cnc(C(C)(C)C)o1. The Morgan fingerprint density at radius 1 is 1.46 bits per heavy atom. The topological polar surface area (TPSA) is 35.3 Å². The highest BCUT2D eigenvalue weighted by Crippen LogP contribution is 2.24. The minimum Gasteiger partial charge on any atom is -0.442 e. The zero-order chi connectivity index (χ0) is 10.1. The van der Waals surface area contributed by atoms with Crippen molar-refractivity contribution in [1.82, 2.24) is 4.98 Å². The van der Waals surface area contributed by atoms with E-state index in [2.05, 4.69) is 25.8 Å². The molecule has 1 aromatic rings. The Kier molecular flexibility index (Phi) is 2.76. The first-order valence-corrected chi connectivity index (χ1v) is 4.44. The van der Waals surface area contributed by atoms with E-state index in [0.29, 0.717) is 0 Å². The van der Waals surface area contributed by atoms with Gasteiger partial charge in [-0.1, -0.05) is 20.8 Å². The first-order valence-electron chi connectivity index (χ1n) is 4.44. The number of ether oxygens (including phenoxy) is 1. The number of hydrogen-bond donors (Lipinski definition) is 0. The van der Waals surface area contributed by atoms with Crippen LogP contribution in [0, 0.1) is 0 Å². The third kappa shape index (κ3) is 2.31. The summed E-state index contributed by atoms with van der Waals surface area (Å²) in [7, 11) is 1.66. The Labute approximate surface area is 79.1 Å². The molecule has 13 heavy (non-hydrogen) atoms. The number of hydrogen-bond acceptors (Lipinski definition) is 3. The molecule has 1 unspecified atom stereocenters. The molecule has 0 aliphatic heterocycles. The summed E-state index contributed by atoms with van der Waals surface area (Å²) in [5, 5.41) is 0. The Morgan fingerprint density at radius 2 is 2.08 bits per heavy atom. The molecule has 3 heteroatoms. The zero-order valence-electron chi connectivity index (χ0n) is 8.92. The van der Waals surface area contributed by atoms with Gasteiger partial charge in [0.1, 0.15) is 6.10 Å². The largest absolute Gasteiger partial charge is 0.442 e. The summed E-state index contributed by atoms with van der Waals surface area (Å²) in [6.45, 7) is 8.15. The molecule has 1 heterocycles. The van der Waals surface area contributed by atoms with Crippen molar-refractivity contribution in [1.29, 1.82) is 0 Å². The standard InChI is InChI=1S/C10H17NO2/c1-7(12-5)8-6-11-9(13-8)10(2,3)4/h6-7H,1-5H3. The van der Waals surface area contributed by atoms with Crippen LogP contribution < -0.4 is 0 Å². The quantitative estimate of drug-likeness (QED) is 0.707. The second-order valence-corrected chi connectivity index (χ2v) is 4.20. The normalized spacial score (nSPS) is 14.5. The maximum absolute atomic E-state index is 5.56. The summed E-state index contributed by atoms with van der Waals surface area (Å²) < 4.78 is 10.7. The van der Waals surface area contributed by atoms with Gasteiger partial charge in [-0.2, -0.15) is 0 Å². The third-order valence-electron chi connectivity index (χ3n) is 1.92. The zero-order valence-corrected chi connectivity index (χ0v) is 8.92. The van der Waals surface area contributed by atoms with E-state index in [9.17, 15) is 0 Å². The second-order valence-electron chi connectivity index (χ2n) is 4.20. The fraction of sp³-hybridized carbons (Fsp3) is 0.700. The van der Waals surface area contributed by atoms with Crippen LogP contribution in [0.25, 0.3) is 0 Å². The number of methoxy groups -OCH3 is 1. The van der Waals surface area contributed by atoms with Crippen LogP contribution in [-0.2, 0) is 10.2 Å². The maximum Gasteiger partial charge on any atom is 0.199 e. The predicted molar refractivity (Wildman–Crippen MR) is 50.6 cm³/mol. The van der Waals surface area contributed by atoms with E-state index >= 15 is 0 Å². The van der Waals surface area contributed by atoms with E-state index in [-0.39, 0.29) is 11.5 Å². The van der Waals surface area contributed by atoms with Crippen molar-refractivity contribution in [3.05, 3.63) is 17.8 Å². The van der Waals surface area contributed by atoms with E-state index in [4.69, 9.17) is 9.15 Å². The van der Waals surface area contributed by atoms with Crippen molar-refractivity contribution >= 4 is 0 Å². The van der Waals surface area contributed by atoms with Crippen LogP contribution in [0.15, 0.2) is 10.6 Å². The number of aromatic nitrogens is 1. The van der Waals surface area contributed by atoms with Gasteiger partial charge in [0.05, 0.1) is 6.20 Å². The Morgan fingerprint density at radius 3 is 2.46 bits per heavy atom. The summed E-state index contributed by atoms with van der Waals surface area (Å²) in [6.07, 6.45) is 1.71. The molecule has 0 saturated heterocycles. The summed E-state index contributed by atoms with van der Waals surface area (Å²) in [5.41, 5.74) is -0.0360. The van der Waals surface area contributed by atoms with Gasteiger partial charge in [0.25, 0.3) is 0 Å². The molecule has 0 spiro atoms. The Balaban J connectivity index is 2.87. The smallest absolute Gasteiger partial charge is 0.199 e. The molecule has 1 aromatic heterocycles. The molecule has 3 nitrogen and oxygen atoms in total. The highest BCUT2D eigenvalue weighted by molar-refractivity contribution is 5.03. The van der Waals surface area contributed by atoms with Gasteiger partial charge in [-0.3, -0.25) is 0 Å². The van der Waals surface area contributed by atoms with E-state index in [1.807, 2.05) is 6.92 Å². The molecule has 0 amide bonds. The number of rotatable bonds is 2. The molecule has 0 N–H and O–H groups in total. The maximum atomic E-state index is 5.56. The monoisotopic (exact) mass is 183 g/mol. The third-order valence-corrected chi connectivity index (χ3v) is 1.92. The molecule has 1 rings (SSSR count). The number of oxazole rings is 1. The highest BCUT2D eigenvalue weighted by atomic mass is 16.5. The molecule has 0 saturated carbocycles. The summed E-state index contributed by atoms with van der Waals surface area (Å²) in [6, 6.07) is 0. The lowest BCUT2D eigenvalue weighted by Crippen LogP contribution is -2.11. The lowest BCUT2D eigenvalue weighted by atomic mass is 9.97. The fourth-order valence-corrected chi connectivity index (χ4v) is 0.937. The van der Waals surface area contributed by atoms with Crippen LogP contribution in [0.2, 0.25) is 0 Å². The highest BCUT2D eigenvalue weighted by Gasteiger charge is 2.21. The minimum absolute atomic E-state index is 0.0244. The molecular weight excluding hydrogens is 166 g/mol. The first kappa shape index (κ1) is 10.3. The Hall–Kier alpha value is -0.830. The molecule has 0 fully saturated rings. The van der Waals surface area contributed by atoms with Crippen LogP contribution >= 0.6 is 0 Å². The fourth-order valence-electron chi connectivity index (χ4n) is 0.937. The van der Waals surface area contributed by atoms with Crippen molar-refractivity contribution < 1.29 is 9.15 Å². The molecular formula is C10H17NO2. The molecule has 0 aliphatic rings. The van der Waals surface area contributed by atoms with Gasteiger partial charge in [-0.05, 0) is 6.92 Å². The molecule has 0 aliphatic carbocycles. The van der Waals surface area contributed by atoms with Gasteiger partial charge in [0.2, 0.25) is 0 Å². The van der Waals surface area contributed by atoms with Crippen molar-refractivity contribution in [3.8, 4) is 0 Å². The van der Waals surface area contributed by atoms with Gasteiger partial charge < -0.3 is 9.15 Å². The van der Waals surface area contributed by atoms with Gasteiger partial charge >= 0.3 is 0 Å². The lowest BCUT2D eigenvalue weighted by Gasteiger charge is -2.12. The van der Waals surface area contributed by atoms with Gasteiger partial charge in [-0.15, -0.1) is 0 Å². The van der Waals surface area contributed by atoms with E-state index < -0.39 is 0 Å². The Bertz CT molecular complexity index is 273. The van der Waals surface area contributed by atoms with Crippen molar-refractivity contribution in [2.24, 2.45) is 0 Å². The first-order chi connectivity index (χ1) is 5.95. The van der Waals surface area contributed by atoms with Gasteiger partial charge in [0.15, 0.2) is 11.7 Å². The molecule has 0 radical (unpaired) electrons. The second kappa shape index (κ2) is 3.50. The molecule has 0 aromatic carbocycles. The summed E-state index contributed by atoms with van der Waals surface area (Å²) in [4.78, 5) is 4.21. The average molecular weight is 183 g/mol. The average Bonchev–Trinajstić information content (AvgIpc) is 2.50. The van der Waals surface area contributed by atoms with Crippen LogP contribution in [-0.4, -0.2) is 12.1 Å². The summed E-state index contributed by atoms with van der Waals surface area (Å²) in [5.74, 6) is 1.54. The van der Waals surface area contributed by atoms with Crippen LogP contribution in [0.4, 0.5) is 0 Å². The van der Waals surface area contributed by atoms with Crippen LogP contribution in [0.5, 0.6) is 0 Å². The van der Waals surface area contributed by atoms with Crippen molar-refractivity contribution in [2.75, 3.05) is 7.11 Å². The van der Waals surface area contributed by atoms with Crippen molar-refractivity contribution in [3.63, 3.8) is 0 Å². The molecule has 0 bridgehead atoms. The van der Waals surface area contributed by atoms with E-state index in [1.54, 1.807) is 13.3 Å². The van der Waals surface area contributed by atoms with Gasteiger partial charge in [-0.25, -0.2) is 4.98 Å². The predicted octanol–water partition coefficient (Wildman–Crippen LogP) is 2.68. The molecule has 74 valence electrons. The van der Waals surface area contributed by atoms with Crippen molar-refractivity contribution in [2.45, 2.75) is 39.2 Å². The van der Waals surface area contributed by atoms with Crippen LogP contribution in [0.3, 0.4) is 0 Å². The van der Waals surface area contributed by atoms with E-state index in [0.717, 1.165) is 11.7 Å².